The molecule has 122 valence electrons. The maximum absolute atomic E-state index is 10.6. The third-order valence-electron chi connectivity index (χ3n) is 3.16. The van der Waals surface area contributed by atoms with Gasteiger partial charge in [0, 0.05) is 30.4 Å². The largest absolute Gasteiger partial charge is 0.485 e. The zero-order valence-corrected chi connectivity index (χ0v) is 12.8. The van der Waals surface area contributed by atoms with E-state index in [2.05, 4.69) is 15.5 Å². The second-order valence-corrected chi connectivity index (χ2v) is 4.97. The highest BCUT2D eigenvalue weighted by Crippen LogP contribution is 2.22. The van der Waals surface area contributed by atoms with Crippen molar-refractivity contribution < 1.29 is 14.2 Å². The maximum atomic E-state index is 10.6. The van der Waals surface area contributed by atoms with Crippen LogP contribution in [0.15, 0.2) is 53.1 Å². The summed E-state index contributed by atoms with van der Waals surface area (Å²) in [6, 6.07) is 13.5. The summed E-state index contributed by atoms with van der Waals surface area (Å²) in [4.78, 5) is 14.3. The van der Waals surface area contributed by atoms with Crippen molar-refractivity contribution in [1.82, 2.24) is 10.1 Å². The number of ether oxygens (including phenoxy) is 1. The third-order valence-corrected chi connectivity index (χ3v) is 3.16. The van der Waals surface area contributed by atoms with Gasteiger partial charge in [-0.15, -0.1) is 0 Å². The molecule has 1 N–H and O–H groups in total. The molecule has 0 bridgehead atoms. The molecule has 0 fully saturated rings. The van der Waals surface area contributed by atoms with Crippen LogP contribution in [0.3, 0.4) is 0 Å². The second-order valence-electron chi connectivity index (χ2n) is 4.97. The quantitative estimate of drug-likeness (QED) is 0.545. The Morgan fingerprint density at radius 2 is 1.75 bits per heavy atom. The van der Waals surface area contributed by atoms with Gasteiger partial charge in [-0.2, -0.15) is 4.98 Å². The zero-order valence-electron chi connectivity index (χ0n) is 12.8. The average Bonchev–Trinajstić information content (AvgIpc) is 3.00. The fourth-order valence-corrected chi connectivity index (χ4v) is 2.02. The predicted octanol–water partition coefficient (Wildman–Crippen LogP) is 3.61. The van der Waals surface area contributed by atoms with Crippen molar-refractivity contribution in [3.63, 3.8) is 0 Å². The van der Waals surface area contributed by atoms with Crippen molar-refractivity contribution in [3.05, 3.63) is 70.4 Å². The fraction of sp³-hybridized carbons (Fsp3) is 0.125. The lowest BCUT2D eigenvalue weighted by atomic mass is 10.2. The molecule has 0 aliphatic rings. The lowest BCUT2D eigenvalue weighted by Gasteiger charge is -2.08. The van der Waals surface area contributed by atoms with E-state index in [-0.39, 0.29) is 12.3 Å². The van der Waals surface area contributed by atoms with Gasteiger partial charge in [0.25, 0.3) is 5.69 Å². The van der Waals surface area contributed by atoms with Gasteiger partial charge in [-0.05, 0) is 36.4 Å². The third kappa shape index (κ3) is 3.86. The highest BCUT2D eigenvalue weighted by atomic mass is 16.6. The number of hydrogen-bond donors (Lipinski definition) is 1. The minimum absolute atomic E-state index is 0.0565. The van der Waals surface area contributed by atoms with Crippen LogP contribution in [0.5, 0.6) is 5.75 Å². The number of nitrogens with one attached hydrogen (secondary N) is 1. The topological polar surface area (TPSA) is 103 Å². The summed E-state index contributed by atoms with van der Waals surface area (Å²) in [5, 5.41) is 17.5. The maximum Gasteiger partial charge on any atom is 0.269 e. The number of nitro benzene ring substituents is 1. The number of anilines is 2. The summed E-state index contributed by atoms with van der Waals surface area (Å²) in [7, 11) is 0. The van der Waals surface area contributed by atoms with Gasteiger partial charge in [-0.3, -0.25) is 10.1 Å². The number of non-ortho nitro benzene ring substituents is 1. The lowest BCUT2D eigenvalue weighted by Crippen LogP contribution is -1.98. The summed E-state index contributed by atoms with van der Waals surface area (Å²) in [5.41, 5.74) is 1.66. The molecular weight excluding hydrogens is 312 g/mol. The van der Waals surface area contributed by atoms with E-state index in [9.17, 15) is 10.1 Å². The molecular formula is C16H14N4O4. The van der Waals surface area contributed by atoms with Crippen LogP contribution >= 0.6 is 0 Å². The average molecular weight is 326 g/mol. The molecule has 0 aliphatic carbocycles. The van der Waals surface area contributed by atoms with Gasteiger partial charge in [0.1, 0.15) is 5.75 Å². The molecule has 0 saturated heterocycles. The molecule has 3 rings (SSSR count). The van der Waals surface area contributed by atoms with Crippen LogP contribution in [0.25, 0.3) is 0 Å². The van der Waals surface area contributed by atoms with Crippen LogP contribution in [-0.4, -0.2) is 15.1 Å². The molecule has 2 aromatic carbocycles. The highest BCUT2D eigenvalue weighted by molar-refractivity contribution is 5.61. The zero-order chi connectivity index (χ0) is 16.9. The van der Waals surface area contributed by atoms with Gasteiger partial charge in [0.2, 0.25) is 11.7 Å². The second kappa shape index (κ2) is 6.78. The van der Waals surface area contributed by atoms with Crippen LogP contribution in [0.1, 0.15) is 11.7 Å². The molecule has 8 nitrogen and oxygen atoms in total. The summed E-state index contributed by atoms with van der Waals surface area (Å²) in [6.45, 7) is 1.95. The Morgan fingerprint density at radius 3 is 2.29 bits per heavy atom. The normalized spacial score (nSPS) is 10.4. The van der Waals surface area contributed by atoms with Crippen LogP contribution in [0, 0.1) is 17.0 Å². The first-order valence-electron chi connectivity index (χ1n) is 7.14. The van der Waals surface area contributed by atoms with E-state index < -0.39 is 4.92 Å². The van der Waals surface area contributed by atoms with Crippen molar-refractivity contribution in [1.29, 1.82) is 0 Å². The monoisotopic (exact) mass is 326 g/mol. The van der Waals surface area contributed by atoms with Gasteiger partial charge < -0.3 is 14.6 Å². The lowest BCUT2D eigenvalue weighted by molar-refractivity contribution is -0.384. The number of benzene rings is 2. The molecule has 0 saturated carbocycles. The van der Waals surface area contributed by atoms with Gasteiger partial charge >= 0.3 is 0 Å². The van der Waals surface area contributed by atoms with Crippen LogP contribution in [-0.2, 0) is 6.61 Å². The van der Waals surface area contributed by atoms with Gasteiger partial charge in [-0.1, -0.05) is 5.16 Å². The first kappa shape index (κ1) is 15.5. The highest BCUT2D eigenvalue weighted by Gasteiger charge is 2.05. The summed E-state index contributed by atoms with van der Waals surface area (Å²) >= 11 is 0. The SMILES string of the molecule is Cc1nc(COc2ccc(Nc3ccc([N+](=O)[O-])cc3)cc2)no1. The first-order valence-corrected chi connectivity index (χ1v) is 7.14. The smallest absolute Gasteiger partial charge is 0.269 e. The van der Waals surface area contributed by atoms with E-state index in [0.29, 0.717) is 17.5 Å². The number of aryl methyl sites for hydroxylation is 1. The van der Waals surface area contributed by atoms with E-state index in [1.54, 1.807) is 31.2 Å². The van der Waals surface area contributed by atoms with E-state index in [1.165, 1.54) is 12.1 Å². The molecule has 1 aromatic heterocycles. The number of hydrogen-bond acceptors (Lipinski definition) is 7. The van der Waals surface area contributed by atoms with Gasteiger partial charge in [0.05, 0.1) is 4.92 Å². The summed E-state index contributed by atoms with van der Waals surface area (Å²) in [6.07, 6.45) is 0. The van der Waals surface area contributed by atoms with Crippen molar-refractivity contribution >= 4 is 17.1 Å². The Labute approximate surface area is 137 Å². The predicted molar refractivity (Wildman–Crippen MR) is 86.2 cm³/mol. The number of rotatable bonds is 6. The Balaban J connectivity index is 1.58. The van der Waals surface area contributed by atoms with E-state index in [0.717, 1.165) is 11.4 Å². The molecule has 0 radical (unpaired) electrons. The molecule has 8 heteroatoms. The molecule has 3 aromatic rings. The molecule has 0 amide bonds. The van der Waals surface area contributed by atoms with Crippen molar-refractivity contribution in [3.8, 4) is 5.75 Å². The molecule has 0 atom stereocenters. The summed E-state index contributed by atoms with van der Waals surface area (Å²) < 4.78 is 10.4. The minimum atomic E-state index is -0.429. The van der Waals surface area contributed by atoms with Crippen molar-refractivity contribution in [2.24, 2.45) is 0 Å². The van der Waals surface area contributed by atoms with Crippen molar-refractivity contribution in [2.75, 3.05) is 5.32 Å². The van der Waals surface area contributed by atoms with E-state index in [1.807, 2.05) is 12.1 Å². The Kier molecular flexibility index (Phi) is 4.37. The Morgan fingerprint density at radius 1 is 1.12 bits per heavy atom. The first-order chi connectivity index (χ1) is 11.6. The molecule has 0 spiro atoms. The van der Waals surface area contributed by atoms with Crippen molar-refractivity contribution in [2.45, 2.75) is 13.5 Å². The minimum Gasteiger partial charge on any atom is -0.485 e. The Bertz CT molecular complexity index is 828. The molecule has 0 aliphatic heterocycles. The van der Waals surface area contributed by atoms with Crippen LogP contribution in [0.4, 0.5) is 17.1 Å². The van der Waals surface area contributed by atoms with E-state index in [4.69, 9.17) is 9.26 Å². The molecule has 0 unspecified atom stereocenters. The van der Waals surface area contributed by atoms with Gasteiger partial charge in [0.15, 0.2) is 6.61 Å². The summed E-state index contributed by atoms with van der Waals surface area (Å²) in [5.74, 6) is 1.66. The number of nitrogens with zero attached hydrogens (tertiary/aromatic N) is 3. The standard InChI is InChI=1S/C16H14N4O4/c1-11-17-16(19-24-11)10-23-15-8-4-13(5-9-15)18-12-2-6-14(7-3-12)20(21)22/h2-9,18H,10H2,1H3. The molecule has 24 heavy (non-hydrogen) atoms. The Hall–Kier alpha value is -3.42. The number of aromatic nitrogens is 2. The van der Waals surface area contributed by atoms with Gasteiger partial charge in [-0.25, -0.2) is 0 Å². The molecule has 1 heterocycles. The fourth-order valence-electron chi connectivity index (χ4n) is 2.02. The van der Waals surface area contributed by atoms with Crippen LogP contribution in [0.2, 0.25) is 0 Å². The van der Waals surface area contributed by atoms with E-state index >= 15 is 0 Å². The van der Waals surface area contributed by atoms with Crippen LogP contribution < -0.4 is 10.1 Å². The number of nitro groups is 1.